The first-order chi connectivity index (χ1) is 12.1. The molecule has 2 N–H and O–H groups in total. The van der Waals surface area contributed by atoms with Gasteiger partial charge >= 0.3 is 0 Å². The van der Waals surface area contributed by atoms with Crippen molar-refractivity contribution >= 4 is 0 Å². The Morgan fingerprint density at radius 2 is 1.44 bits per heavy atom. The maximum Gasteiger partial charge on any atom is 0.104 e. The average Bonchev–Trinajstić information content (AvgIpc) is 2.69. The highest BCUT2D eigenvalue weighted by molar-refractivity contribution is 4.98. The Morgan fingerprint density at radius 1 is 0.960 bits per heavy atom. The first kappa shape index (κ1) is 20.9. The van der Waals surface area contributed by atoms with E-state index in [0.717, 1.165) is 25.7 Å². The van der Waals surface area contributed by atoms with Crippen LogP contribution in [0.1, 0.15) is 90.9 Å². The molecule has 146 valence electrons. The molecule has 2 fully saturated rings. The molecule has 2 aliphatic rings. The lowest BCUT2D eigenvalue weighted by atomic mass is 9.76. The van der Waals surface area contributed by atoms with E-state index in [2.05, 4.69) is 6.58 Å². The number of aliphatic hydroxyl groups excluding tert-OH is 1. The SMILES string of the molecule is C=CC(OC(C1CCCCC1)C(O)C1CCCCC1)C(O)(CC)CC. The predicted molar refractivity (Wildman–Crippen MR) is 104 cm³/mol. The number of hydrogen-bond acceptors (Lipinski definition) is 3. The van der Waals surface area contributed by atoms with E-state index >= 15 is 0 Å². The van der Waals surface area contributed by atoms with Crippen molar-refractivity contribution in [2.45, 2.75) is 115 Å². The molecule has 0 heterocycles. The summed E-state index contributed by atoms with van der Waals surface area (Å²) in [5, 5.41) is 22.2. The van der Waals surface area contributed by atoms with Gasteiger partial charge in [-0.15, -0.1) is 6.58 Å². The van der Waals surface area contributed by atoms with Crippen molar-refractivity contribution in [1.29, 1.82) is 0 Å². The molecule has 3 heteroatoms. The molecule has 3 nitrogen and oxygen atoms in total. The highest BCUT2D eigenvalue weighted by Gasteiger charge is 2.40. The fraction of sp³-hybridized carbons (Fsp3) is 0.909. The molecular weight excluding hydrogens is 312 g/mol. The van der Waals surface area contributed by atoms with Crippen LogP contribution in [0.2, 0.25) is 0 Å². The van der Waals surface area contributed by atoms with Gasteiger partial charge in [-0.1, -0.05) is 58.4 Å². The fourth-order valence-electron chi connectivity index (χ4n) is 4.90. The van der Waals surface area contributed by atoms with E-state index in [4.69, 9.17) is 4.74 Å². The topological polar surface area (TPSA) is 49.7 Å². The molecule has 0 amide bonds. The summed E-state index contributed by atoms with van der Waals surface area (Å²) in [4.78, 5) is 0. The summed E-state index contributed by atoms with van der Waals surface area (Å²) < 4.78 is 6.48. The lowest BCUT2D eigenvalue weighted by Gasteiger charge is -2.42. The van der Waals surface area contributed by atoms with Gasteiger partial charge in [-0.25, -0.2) is 0 Å². The fourth-order valence-corrected chi connectivity index (χ4v) is 4.90. The molecular formula is C22H40O3. The van der Waals surface area contributed by atoms with E-state index in [1.807, 2.05) is 13.8 Å². The van der Waals surface area contributed by atoms with Crippen molar-refractivity contribution in [3.63, 3.8) is 0 Å². The van der Waals surface area contributed by atoms with Crippen molar-refractivity contribution in [3.8, 4) is 0 Å². The standard InChI is InChI=1S/C22H40O3/c1-4-19(22(24,5-2)6-3)25-21(18-15-11-8-12-16-18)20(23)17-13-9-7-10-14-17/h4,17-21,23-24H,1,5-16H2,2-3H3. The van der Waals surface area contributed by atoms with E-state index < -0.39 is 17.8 Å². The van der Waals surface area contributed by atoms with Gasteiger partial charge in [0.05, 0.1) is 17.8 Å². The van der Waals surface area contributed by atoms with Crippen molar-refractivity contribution in [2.24, 2.45) is 11.8 Å². The smallest absolute Gasteiger partial charge is 0.104 e. The van der Waals surface area contributed by atoms with Crippen LogP contribution >= 0.6 is 0 Å². The summed E-state index contributed by atoms with van der Waals surface area (Å²) in [7, 11) is 0. The third-order valence-electron chi connectivity index (χ3n) is 6.86. The van der Waals surface area contributed by atoms with Gasteiger partial charge in [0.1, 0.15) is 6.10 Å². The van der Waals surface area contributed by atoms with Gasteiger partial charge in [0, 0.05) is 0 Å². The summed E-state index contributed by atoms with van der Waals surface area (Å²) in [6.45, 7) is 7.92. The number of hydrogen-bond donors (Lipinski definition) is 2. The zero-order chi connectivity index (χ0) is 18.3. The van der Waals surface area contributed by atoms with Gasteiger partial charge in [0.2, 0.25) is 0 Å². The lowest BCUT2D eigenvalue weighted by molar-refractivity contribution is -0.171. The highest BCUT2D eigenvalue weighted by Crippen LogP contribution is 2.37. The zero-order valence-corrected chi connectivity index (χ0v) is 16.5. The largest absolute Gasteiger partial charge is 0.390 e. The van der Waals surface area contributed by atoms with Crippen LogP contribution in [0.5, 0.6) is 0 Å². The highest BCUT2D eigenvalue weighted by atomic mass is 16.5. The van der Waals surface area contributed by atoms with Crippen molar-refractivity contribution < 1.29 is 14.9 Å². The van der Waals surface area contributed by atoms with Crippen LogP contribution in [0.25, 0.3) is 0 Å². The maximum atomic E-state index is 11.2. The second kappa shape index (κ2) is 10.1. The normalized spacial score (nSPS) is 24.6. The monoisotopic (exact) mass is 352 g/mol. The molecule has 0 bridgehead atoms. The Balaban J connectivity index is 2.15. The van der Waals surface area contributed by atoms with Gasteiger partial charge in [-0.2, -0.15) is 0 Å². The summed E-state index contributed by atoms with van der Waals surface area (Å²) in [5.41, 5.74) is -0.888. The van der Waals surface area contributed by atoms with E-state index in [1.54, 1.807) is 6.08 Å². The number of ether oxygens (including phenoxy) is 1. The number of rotatable bonds is 9. The van der Waals surface area contributed by atoms with Crippen LogP contribution < -0.4 is 0 Å². The Kier molecular flexibility index (Phi) is 8.44. The molecule has 3 unspecified atom stereocenters. The molecule has 2 saturated carbocycles. The van der Waals surface area contributed by atoms with Crippen LogP contribution in [0, 0.1) is 11.8 Å². The molecule has 3 atom stereocenters. The molecule has 0 aliphatic heterocycles. The molecule has 0 aromatic carbocycles. The van der Waals surface area contributed by atoms with Crippen LogP contribution in [-0.4, -0.2) is 34.1 Å². The molecule has 2 aliphatic carbocycles. The molecule has 2 rings (SSSR count). The Labute approximate surface area is 154 Å². The second-order valence-electron chi connectivity index (χ2n) is 8.35. The first-order valence-electron chi connectivity index (χ1n) is 10.7. The summed E-state index contributed by atoms with van der Waals surface area (Å²) in [6.07, 6.45) is 14.0. The van der Waals surface area contributed by atoms with Crippen LogP contribution in [0.4, 0.5) is 0 Å². The van der Waals surface area contributed by atoms with Crippen molar-refractivity contribution in [3.05, 3.63) is 12.7 Å². The molecule has 0 aromatic heterocycles. The Hall–Kier alpha value is -0.380. The van der Waals surface area contributed by atoms with Gasteiger partial charge in [0.15, 0.2) is 0 Å². The summed E-state index contributed by atoms with van der Waals surface area (Å²) in [5.74, 6) is 0.758. The third kappa shape index (κ3) is 5.30. The minimum absolute atomic E-state index is 0.170. The molecule has 0 spiro atoms. The van der Waals surface area contributed by atoms with E-state index in [-0.39, 0.29) is 6.10 Å². The zero-order valence-electron chi connectivity index (χ0n) is 16.5. The Bertz CT molecular complexity index is 379. The second-order valence-corrected chi connectivity index (χ2v) is 8.35. The van der Waals surface area contributed by atoms with Gasteiger partial charge < -0.3 is 14.9 Å². The molecule has 0 radical (unpaired) electrons. The molecule has 25 heavy (non-hydrogen) atoms. The third-order valence-corrected chi connectivity index (χ3v) is 6.86. The molecule has 0 aromatic rings. The van der Waals surface area contributed by atoms with Crippen LogP contribution in [0.3, 0.4) is 0 Å². The molecule has 0 saturated heterocycles. The Morgan fingerprint density at radius 3 is 1.88 bits per heavy atom. The maximum absolute atomic E-state index is 11.2. The summed E-state index contributed by atoms with van der Waals surface area (Å²) in [6, 6.07) is 0. The van der Waals surface area contributed by atoms with Gasteiger partial charge in [0.25, 0.3) is 0 Å². The van der Waals surface area contributed by atoms with Gasteiger partial charge in [-0.05, 0) is 50.4 Å². The predicted octanol–water partition coefficient (Wildman–Crippen LogP) is 5.00. The first-order valence-corrected chi connectivity index (χ1v) is 10.7. The summed E-state index contributed by atoms with van der Waals surface area (Å²) >= 11 is 0. The van der Waals surface area contributed by atoms with Crippen LogP contribution in [0.15, 0.2) is 12.7 Å². The average molecular weight is 353 g/mol. The van der Waals surface area contributed by atoms with E-state index in [0.29, 0.717) is 24.7 Å². The van der Waals surface area contributed by atoms with Crippen LogP contribution in [-0.2, 0) is 4.74 Å². The van der Waals surface area contributed by atoms with Crippen molar-refractivity contribution in [1.82, 2.24) is 0 Å². The van der Waals surface area contributed by atoms with E-state index in [9.17, 15) is 10.2 Å². The number of aliphatic hydroxyl groups is 2. The lowest BCUT2D eigenvalue weighted by Crippen LogP contribution is -2.50. The van der Waals surface area contributed by atoms with Crippen molar-refractivity contribution in [2.75, 3.05) is 0 Å². The quantitative estimate of drug-likeness (QED) is 0.574. The van der Waals surface area contributed by atoms with E-state index in [1.165, 1.54) is 38.5 Å². The van der Waals surface area contributed by atoms with Gasteiger partial charge in [-0.3, -0.25) is 0 Å². The minimum Gasteiger partial charge on any atom is -0.390 e. The minimum atomic E-state index is -0.888.